The van der Waals surface area contributed by atoms with Crippen molar-refractivity contribution in [1.29, 1.82) is 0 Å². The minimum absolute atomic E-state index is 0.105. The molecule has 17 nitrogen and oxygen atoms in total. The second-order valence-corrected chi connectivity index (χ2v) is 24.4. The van der Waals surface area contributed by atoms with Crippen LogP contribution in [0, 0.1) is 5.92 Å². The van der Waals surface area contributed by atoms with Crippen LogP contribution in [-0.4, -0.2) is 96.7 Å². The van der Waals surface area contributed by atoms with Crippen molar-refractivity contribution in [3.63, 3.8) is 0 Å². The van der Waals surface area contributed by atoms with Gasteiger partial charge in [0.1, 0.15) is 19.3 Å². The van der Waals surface area contributed by atoms with Gasteiger partial charge in [-0.3, -0.25) is 37.3 Å². The zero-order valence-electron chi connectivity index (χ0n) is 49.1. The molecule has 0 heterocycles. The van der Waals surface area contributed by atoms with E-state index >= 15 is 0 Å². The summed E-state index contributed by atoms with van der Waals surface area (Å²) in [5, 5.41) is 10.5. The number of aliphatic hydroxyl groups excluding tert-OH is 1. The van der Waals surface area contributed by atoms with E-state index < -0.39 is 97.5 Å². The number of carbonyl (C=O) groups excluding carboxylic acids is 4. The number of rotatable bonds is 58. The van der Waals surface area contributed by atoms with Gasteiger partial charge in [0.2, 0.25) is 0 Å². The average Bonchev–Trinajstić information content (AvgIpc) is 3.39. The van der Waals surface area contributed by atoms with E-state index in [9.17, 15) is 43.2 Å². The highest BCUT2D eigenvalue weighted by Crippen LogP contribution is 2.45. The molecule has 0 aromatic carbocycles. The molecule has 0 rings (SSSR count). The van der Waals surface area contributed by atoms with E-state index in [0.29, 0.717) is 25.7 Å². The molecule has 0 bridgehead atoms. The van der Waals surface area contributed by atoms with Crippen LogP contribution in [0.1, 0.15) is 285 Å². The Bertz CT molecular complexity index is 1520. The van der Waals surface area contributed by atoms with Crippen molar-refractivity contribution >= 4 is 39.5 Å². The third-order valence-electron chi connectivity index (χ3n) is 13.3. The lowest BCUT2D eigenvalue weighted by molar-refractivity contribution is -0.161. The largest absolute Gasteiger partial charge is 0.472 e. The van der Waals surface area contributed by atoms with Gasteiger partial charge in [0.15, 0.2) is 12.2 Å². The van der Waals surface area contributed by atoms with Crippen LogP contribution in [0.2, 0.25) is 0 Å². The Morgan fingerprint density at radius 1 is 0.351 bits per heavy atom. The molecular formula is C58H112O17P2. The first kappa shape index (κ1) is 75.1. The Hall–Kier alpha value is -1.94. The van der Waals surface area contributed by atoms with Crippen LogP contribution in [0.15, 0.2) is 0 Å². The SMILES string of the molecule is CCCCCCCCCCCC(=O)OC[C@H](COP(=O)(O)OC[C@@H](O)COP(=O)(O)OC[C@@H](COC(=O)CCCCCCCCCC)OC(=O)CCCCCCCCCC)OC(=O)CCCCCCCCCCCC(C)C. The van der Waals surface area contributed by atoms with Crippen molar-refractivity contribution in [2.75, 3.05) is 39.6 Å². The highest BCUT2D eigenvalue weighted by molar-refractivity contribution is 7.47. The van der Waals surface area contributed by atoms with Gasteiger partial charge in [0.25, 0.3) is 0 Å². The van der Waals surface area contributed by atoms with Crippen molar-refractivity contribution in [1.82, 2.24) is 0 Å². The molecule has 0 aliphatic rings. The summed E-state index contributed by atoms with van der Waals surface area (Å²) >= 11 is 0. The van der Waals surface area contributed by atoms with Crippen LogP contribution >= 0.6 is 15.6 Å². The number of aliphatic hydroxyl groups is 1. The second-order valence-electron chi connectivity index (χ2n) is 21.5. The number of phosphoric acid groups is 2. The Morgan fingerprint density at radius 3 is 0.883 bits per heavy atom. The summed E-state index contributed by atoms with van der Waals surface area (Å²) in [6.07, 6.45) is 33.5. The van der Waals surface area contributed by atoms with E-state index in [0.717, 1.165) is 109 Å². The molecule has 0 aliphatic carbocycles. The van der Waals surface area contributed by atoms with Crippen LogP contribution in [0.4, 0.5) is 0 Å². The van der Waals surface area contributed by atoms with Gasteiger partial charge in [-0.25, -0.2) is 9.13 Å². The molecule has 0 fully saturated rings. The van der Waals surface area contributed by atoms with Crippen molar-refractivity contribution in [2.45, 2.75) is 303 Å². The highest BCUT2D eigenvalue weighted by atomic mass is 31.2. The lowest BCUT2D eigenvalue weighted by Crippen LogP contribution is -2.30. The van der Waals surface area contributed by atoms with Crippen molar-refractivity contribution in [3.05, 3.63) is 0 Å². The van der Waals surface area contributed by atoms with Crippen LogP contribution in [0.25, 0.3) is 0 Å². The van der Waals surface area contributed by atoms with Crippen molar-refractivity contribution in [3.8, 4) is 0 Å². The predicted molar refractivity (Wildman–Crippen MR) is 303 cm³/mol. The molecule has 0 amide bonds. The molecule has 0 aliphatic heterocycles. The summed E-state index contributed by atoms with van der Waals surface area (Å²) in [4.78, 5) is 71.7. The minimum Gasteiger partial charge on any atom is -0.462 e. The van der Waals surface area contributed by atoms with Crippen LogP contribution in [0.5, 0.6) is 0 Å². The summed E-state index contributed by atoms with van der Waals surface area (Å²) < 4.78 is 67.6. The van der Waals surface area contributed by atoms with Gasteiger partial charge in [0, 0.05) is 25.7 Å². The first-order chi connectivity index (χ1) is 37.0. The van der Waals surface area contributed by atoms with Gasteiger partial charge in [0.05, 0.1) is 26.4 Å². The number of carbonyl (C=O) groups is 4. The number of unbranched alkanes of at least 4 members (excludes halogenated alkanes) is 30. The summed E-state index contributed by atoms with van der Waals surface area (Å²) in [6.45, 7) is 7.05. The number of hydrogen-bond acceptors (Lipinski definition) is 15. The summed E-state index contributed by atoms with van der Waals surface area (Å²) in [5.74, 6) is -1.41. The highest BCUT2D eigenvalue weighted by Gasteiger charge is 2.30. The topological polar surface area (TPSA) is 237 Å². The molecule has 0 saturated carbocycles. The molecule has 0 aromatic rings. The standard InChI is InChI=1S/C58H112O17P2/c1-6-9-12-15-18-22-28-32-37-42-56(61)69-48-54(75-58(63)44-39-34-29-24-21-23-25-30-35-40-51(4)5)50-73-77(66,67)71-46-52(59)45-70-76(64,65)72-49-53(74-57(62)43-38-33-27-20-17-14-11-8-3)47-68-55(60)41-36-31-26-19-16-13-10-7-2/h51-54,59H,6-50H2,1-5H3,(H,64,65)(H,66,67)/t52-,53+,54+/m0/s1. The fraction of sp³-hybridized carbons (Fsp3) is 0.931. The minimum atomic E-state index is -4.93. The van der Waals surface area contributed by atoms with Gasteiger partial charge in [-0.2, -0.15) is 0 Å². The molecule has 19 heteroatoms. The second kappa shape index (κ2) is 52.2. The lowest BCUT2D eigenvalue weighted by Gasteiger charge is -2.21. The number of esters is 4. The number of phosphoric ester groups is 2. The molecule has 3 N–H and O–H groups in total. The first-order valence-electron chi connectivity index (χ1n) is 30.6. The fourth-order valence-corrected chi connectivity index (χ4v) is 10.1. The summed E-state index contributed by atoms with van der Waals surface area (Å²) in [6, 6.07) is 0. The molecule has 2 unspecified atom stereocenters. The van der Waals surface area contributed by atoms with Gasteiger partial charge in [-0.1, -0.05) is 234 Å². The van der Waals surface area contributed by atoms with Gasteiger partial charge >= 0.3 is 39.5 Å². The maximum absolute atomic E-state index is 12.9. The molecule has 77 heavy (non-hydrogen) atoms. The Morgan fingerprint density at radius 2 is 0.597 bits per heavy atom. The molecule has 456 valence electrons. The molecular weight excluding hydrogens is 1030 g/mol. The molecule has 0 aromatic heterocycles. The van der Waals surface area contributed by atoms with Gasteiger partial charge in [-0.05, 0) is 31.6 Å². The molecule has 0 radical (unpaired) electrons. The maximum Gasteiger partial charge on any atom is 0.472 e. The predicted octanol–water partition coefficient (Wildman–Crippen LogP) is 15.5. The van der Waals surface area contributed by atoms with E-state index in [1.54, 1.807) is 0 Å². The normalized spacial score (nSPS) is 14.4. The molecule has 5 atom stereocenters. The van der Waals surface area contributed by atoms with E-state index in [1.807, 2.05) is 0 Å². The first-order valence-corrected chi connectivity index (χ1v) is 33.6. The van der Waals surface area contributed by atoms with Crippen LogP contribution in [-0.2, 0) is 65.4 Å². The number of hydrogen-bond donors (Lipinski definition) is 3. The summed E-state index contributed by atoms with van der Waals surface area (Å²) in [7, 11) is -9.87. The quantitative estimate of drug-likeness (QED) is 0.0222. The van der Waals surface area contributed by atoms with Crippen LogP contribution in [0.3, 0.4) is 0 Å². The zero-order valence-corrected chi connectivity index (χ0v) is 50.9. The smallest absolute Gasteiger partial charge is 0.462 e. The third-order valence-corrected chi connectivity index (χ3v) is 15.2. The van der Waals surface area contributed by atoms with Crippen molar-refractivity contribution < 1.29 is 80.2 Å². The Balaban J connectivity index is 5.21. The third kappa shape index (κ3) is 53.2. The fourth-order valence-electron chi connectivity index (χ4n) is 8.52. The van der Waals surface area contributed by atoms with Gasteiger partial charge in [-0.15, -0.1) is 0 Å². The summed E-state index contributed by atoms with van der Waals surface area (Å²) in [5.41, 5.74) is 0. The lowest BCUT2D eigenvalue weighted by atomic mass is 10.0. The molecule has 0 spiro atoms. The van der Waals surface area contributed by atoms with Gasteiger partial charge < -0.3 is 33.8 Å². The van der Waals surface area contributed by atoms with Crippen molar-refractivity contribution in [2.24, 2.45) is 5.92 Å². The Kier molecular flexibility index (Phi) is 50.8. The average molecular weight is 1140 g/mol. The Labute approximate surface area is 467 Å². The maximum atomic E-state index is 12.9. The van der Waals surface area contributed by atoms with E-state index in [4.69, 9.17) is 37.0 Å². The monoisotopic (exact) mass is 1140 g/mol. The van der Waals surface area contributed by atoms with E-state index in [-0.39, 0.29) is 25.7 Å². The molecule has 0 saturated heterocycles. The van der Waals surface area contributed by atoms with Crippen LogP contribution < -0.4 is 0 Å². The van der Waals surface area contributed by atoms with E-state index in [1.165, 1.54) is 96.3 Å². The zero-order chi connectivity index (χ0) is 57.1. The number of ether oxygens (including phenoxy) is 4. The van der Waals surface area contributed by atoms with E-state index in [2.05, 4.69) is 34.6 Å².